The smallest absolute Gasteiger partial charge is 0.338 e. The molecule has 1 amide bonds. The number of nitrogens with one attached hydrogen (secondary N) is 1. The minimum absolute atomic E-state index is 0.0855. The summed E-state index contributed by atoms with van der Waals surface area (Å²) in [4.78, 5) is 41.1. The van der Waals surface area contributed by atoms with E-state index in [1.165, 1.54) is 6.07 Å². The number of carbonyl (C=O) groups excluding carboxylic acids is 2. The highest BCUT2D eigenvalue weighted by Gasteiger charge is 2.17. The zero-order valence-electron chi connectivity index (χ0n) is 15.2. The van der Waals surface area contributed by atoms with Gasteiger partial charge >= 0.3 is 5.97 Å². The molecule has 28 heavy (non-hydrogen) atoms. The molecule has 0 saturated carbocycles. The van der Waals surface area contributed by atoms with Crippen molar-refractivity contribution < 1.29 is 14.3 Å². The van der Waals surface area contributed by atoms with Crippen molar-refractivity contribution in [1.29, 1.82) is 0 Å². The highest BCUT2D eigenvalue weighted by Crippen LogP contribution is 2.16. The monoisotopic (exact) mass is 377 g/mol. The van der Waals surface area contributed by atoms with Gasteiger partial charge in [-0.05, 0) is 30.2 Å². The fourth-order valence-electron chi connectivity index (χ4n) is 3.27. The van der Waals surface area contributed by atoms with E-state index >= 15 is 0 Å². The molecule has 0 spiro atoms. The van der Waals surface area contributed by atoms with E-state index in [9.17, 15) is 14.4 Å². The molecule has 0 radical (unpaired) electrons. The summed E-state index contributed by atoms with van der Waals surface area (Å²) in [6.07, 6.45) is 1.65. The molecular formula is C21H19N3O4. The highest BCUT2D eigenvalue weighted by atomic mass is 16.5. The number of aryl methyl sites for hydroxylation is 1. The fraction of sp³-hybridized carbons (Fsp3) is 0.238. The van der Waals surface area contributed by atoms with Gasteiger partial charge in [0.2, 0.25) is 0 Å². The van der Waals surface area contributed by atoms with Crippen molar-refractivity contribution in [3.63, 3.8) is 0 Å². The molecule has 0 saturated heterocycles. The predicted molar refractivity (Wildman–Crippen MR) is 103 cm³/mol. The Morgan fingerprint density at radius 2 is 1.96 bits per heavy atom. The second kappa shape index (κ2) is 7.64. The van der Waals surface area contributed by atoms with E-state index in [0.717, 1.165) is 24.2 Å². The SMILES string of the molecule is O=C(COC(=O)c1ccc2c(=O)n3c(nc2c1)CCC3)NCc1ccccc1. The van der Waals surface area contributed by atoms with Crippen molar-refractivity contribution in [3.8, 4) is 0 Å². The number of rotatable bonds is 5. The first kappa shape index (κ1) is 17.9. The van der Waals surface area contributed by atoms with Crippen molar-refractivity contribution >= 4 is 22.8 Å². The van der Waals surface area contributed by atoms with Gasteiger partial charge in [-0.1, -0.05) is 30.3 Å². The van der Waals surface area contributed by atoms with Gasteiger partial charge in [-0.2, -0.15) is 0 Å². The molecule has 0 aliphatic carbocycles. The predicted octanol–water partition coefficient (Wildman–Crippen LogP) is 1.82. The molecule has 3 aromatic rings. The van der Waals surface area contributed by atoms with Crippen LogP contribution in [0.3, 0.4) is 0 Å². The first-order valence-electron chi connectivity index (χ1n) is 9.13. The number of nitrogens with zero attached hydrogens (tertiary/aromatic N) is 2. The van der Waals surface area contributed by atoms with Gasteiger partial charge in [0, 0.05) is 19.5 Å². The molecule has 1 aromatic heterocycles. The molecule has 1 aliphatic heterocycles. The minimum atomic E-state index is -0.626. The Morgan fingerprint density at radius 3 is 2.79 bits per heavy atom. The van der Waals surface area contributed by atoms with Crippen LogP contribution in [0.15, 0.2) is 53.3 Å². The van der Waals surface area contributed by atoms with Crippen LogP contribution in [0.25, 0.3) is 10.9 Å². The maximum absolute atomic E-state index is 12.5. The Bertz CT molecular complexity index is 1110. The van der Waals surface area contributed by atoms with Crippen molar-refractivity contribution in [3.05, 3.63) is 75.8 Å². The van der Waals surface area contributed by atoms with Crippen LogP contribution in [0.2, 0.25) is 0 Å². The number of benzene rings is 2. The molecule has 0 fully saturated rings. The fourth-order valence-corrected chi connectivity index (χ4v) is 3.27. The molecule has 1 N–H and O–H groups in total. The number of aromatic nitrogens is 2. The number of hydrogen-bond donors (Lipinski definition) is 1. The maximum atomic E-state index is 12.5. The average Bonchev–Trinajstić information content (AvgIpc) is 3.20. The van der Waals surface area contributed by atoms with Gasteiger partial charge in [0.05, 0.1) is 16.5 Å². The van der Waals surface area contributed by atoms with Crippen LogP contribution in [-0.4, -0.2) is 28.0 Å². The van der Waals surface area contributed by atoms with Crippen molar-refractivity contribution in [2.24, 2.45) is 0 Å². The Labute approximate surface area is 161 Å². The first-order valence-corrected chi connectivity index (χ1v) is 9.13. The number of fused-ring (bicyclic) bond motifs is 2. The zero-order valence-corrected chi connectivity index (χ0v) is 15.2. The lowest BCUT2D eigenvalue weighted by Crippen LogP contribution is -2.28. The largest absolute Gasteiger partial charge is 0.452 e. The molecule has 0 atom stereocenters. The summed E-state index contributed by atoms with van der Waals surface area (Å²) in [5.41, 5.74) is 1.61. The van der Waals surface area contributed by atoms with Gasteiger partial charge < -0.3 is 10.1 Å². The van der Waals surface area contributed by atoms with E-state index in [1.807, 2.05) is 30.3 Å². The van der Waals surface area contributed by atoms with Crippen LogP contribution < -0.4 is 10.9 Å². The third kappa shape index (κ3) is 3.64. The molecule has 2 aromatic carbocycles. The molecule has 7 heteroatoms. The molecule has 4 rings (SSSR count). The molecule has 7 nitrogen and oxygen atoms in total. The van der Waals surface area contributed by atoms with Gasteiger partial charge in [-0.25, -0.2) is 9.78 Å². The zero-order chi connectivity index (χ0) is 19.5. The number of esters is 1. The summed E-state index contributed by atoms with van der Waals surface area (Å²) in [7, 11) is 0. The van der Waals surface area contributed by atoms with E-state index in [2.05, 4.69) is 10.3 Å². The summed E-state index contributed by atoms with van der Waals surface area (Å²) in [5.74, 6) is -0.269. The third-order valence-electron chi connectivity index (χ3n) is 4.72. The van der Waals surface area contributed by atoms with E-state index in [4.69, 9.17) is 4.74 Å². The molecular weight excluding hydrogens is 358 g/mol. The van der Waals surface area contributed by atoms with Crippen molar-refractivity contribution in [2.45, 2.75) is 25.9 Å². The van der Waals surface area contributed by atoms with Crippen LogP contribution in [0.5, 0.6) is 0 Å². The van der Waals surface area contributed by atoms with Crippen LogP contribution in [0.4, 0.5) is 0 Å². The van der Waals surface area contributed by atoms with Crippen LogP contribution >= 0.6 is 0 Å². The van der Waals surface area contributed by atoms with Crippen molar-refractivity contribution in [1.82, 2.24) is 14.9 Å². The molecule has 0 bridgehead atoms. The molecule has 2 heterocycles. The third-order valence-corrected chi connectivity index (χ3v) is 4.72. The van der Waals surface area contributed by atoms with Crippen molar-refractivity contribution in [2.75, 3.05) is 6.61 Å². The van der Waals surface area contributed by atoms with Crippen LogP contribution in [-0.2, 0) is 29.0 Å². The topological polar surface area (TPSA) is 90.3 Å². The Balaban J connectivity index is 1.40. The standard InChI is InChI=1S/C21H19N3O4/c25-19(22-12-14-5-2-1-3-6-14)13-28-21(27)15-8-9-16-17(11-15)23-18-7-4-10-24(18)20(16)26/h1-3,5-6,8-9,11H,4,7,10,12-13H2,(H,22,25). The lowest BCUT2D eigenvalue weighted by molar-refractivity contribution is -0.124. The van der Waals surface area contributed by atoms with Gasteiger partial charge in [-0.3, -0.25) is 14.2 Å². The van der Waals surface area contributed by atoms with E-state index in [1.54, 1.807) is 16.7 Å². The minimum Gasteiger partial charge on any atom is -0.452 e. The van der Waals surface area contributed by atoms with E-state index in [0.29, 0.717) is 24.0 Å². The highest BCUT2D eigenvalue weighted by molar-refractivity contribution is 5.95. The van der Waals surface area contributed by atoms with Crippen LogP contribution in [0, 0.1) is 0 Å². The number of ether oxygens (including phenoxy) is 1. The Kier molecular flexibility index (Phi) is 4.89. The van der Waals surface area contributed by atoms with Gasteiger partial charge in [0.1, 0.15) is 5.82 Å². The number of carbonyl (C=O) groups is 2. The summed E-state index contributed by atoms with van der Waals surface area (Å²) in [6, 6.07) is 14.1. The van der Waals surface area contributed by atoms with E-state index in [-0.39, 0.29) is 23.6 Å². The Morgan fingerprint density at radius 1 is 1.14 bits per heavy atom. The molecule has 142 valence electrons. The summed E-state index contributed by atoms with van der Waals surface area (Å²) in [5, 5.41) is 3.17. The quantitative estimate of drug-likeness (QED) is 0.685. The lowest BCUT2D eigenvalue weighted by Gasteiger charge is -2.08. The van der Waals surface area contributed by atoms with Gasteiger partial charge in [-0.15, -0.1) is 0 Å². The normalized spacial score (nSPS) is 12.6. The summed E-state index contributed by atoms with van der Waals surface area (Å²) < 4.78 is 6.77. The van der Waals surface area contributed by atoms with Gasteiger partial charge in [0.15, 0.2) is 6.61 Å². The molecule has 1 aliphatic rings. The second-order valence-electron chi connectivity index (χ2n) is 6.66. The lowest BCUT2D eigenvalue weighted by atomic mass is 10.1. The second-order valence-corrected chi connectivity index (χ2v) is 6.66. The summed E-state index contributed by atoms with van der Waals surface area (Å²) in [6.45, 7) is 0.676. The van der Waals surface area contributed by atoms with Gasteiger partial charge in [0.25, 0.3) is 11.5 Å². The maximum Gasteiger partial charge on any atom is 0.338 e. The summed E-state index contributed by atoms with van der Waals surface area (Å²) >= 11 is 0. The number of hydrogen-bond acceptors (Lipinski definition) is 5. The molecule has 0 unspecified atom stereocenters. The average molecular weight is 377 g/mol. The number of amides is 1. The van der Waals surface area contributed by atoms with Crippen LogP contribution in [0.1, 0.15) is 28.2 Å². The van der Waals surface area contributed by atoms with E-state index < -0.39 is 5.97 Å². The Hall–Kier alpha value is -3.48. The first-order chi connectivity index (χ1) is 13.6.